The van der Waals surface area contributed by atoms with E-state index in [4.69, 9.17) is 4.74 Å². The van der Waals surface area contributed by atoms with Crippen LogP contribution in [0.5, 0.6) is 0 Å². The molecule has 0 aliphatic heterocycles. The van der Waals surface area contributed by atoms with Gasteiger partial charge in [0.1, 0.15) is 0 Å². The van der Waals surface area contributed by atoms with Gasteiger partial charge in [-0.1, -0.05) is 38.1 Å². The largest absolute Gasteiger partial charge is 0.383 e. The Hall–Kier alpha value is -0.860. The van der Waals surface area contributed by atoms with Crippen LogP contribution in [0.1, 0.15) is 31.0 Å². The molecule has 1 aromatic rings. The number of rotatable bonds is 6. The maximum atomic E-state index is 5.21. The summed E-state index contributed by atoms with van der Waals surface area (Å²) in [5, 5.41) is 3.41. The molecule has 2 nitrogen and oxygen atoms in total. The van der Waals surface area contributed by atoms with Crippen molar-refractivity contribution in [1.82, 2.24) is 5.32 Å². The first-order valence-electron chi connectivity index (χ1n) is 5.63. The molecular formula is C13H21NO. The van der Waals surface area contributed by atoms with Crippen molar-refractivity contribution in [3.05, 3.63) is 35.4 Å². The molecule has 0 fully saturated rings. The predicted octanol–water partition coefficient (Wildman–Crippen LogP) is 2.55. The van der Waals surface area contributed by atoms with Gasteiger partial charge in [-0.25, -0.2) is 0 Å². The summed E-state index contributed by atoms with van der Waals surface area (Å²) in [4.78, 5) is 0. The van der Waals surface area contributed by atoms with Gasteiger partial charge in [0.05, 0.1) is 12.6 Å². The minimum Gasteiger partial charge on any atom is -0.383 e. The number of methoxy groups -OCH3 is 1. The average Bonchev–Trinajstić information content (AvgIpc) is 2.29. The molecule has 0 bridgehead atoms. The number of hydrogen-bond donors (Lipinski definition) is 1. The van der Waals surface area contributed by atoms with E-state index < -0.39 is 0 Å². The monoisotopic (exact) mass is 207 g/mol. The van der Waals surface area contributed by atoms with Gasteiger partial charge in [0.25, 0.3) is 0 Å². The molecule has 0 spiro atoms. The highest BCUT2D eigenvalue weighted by Gasteiger charge is 2.08. The van der Waals surface area contributed by atoms with E-state index in [0.29, 0.717) is 6.04 Å². The van der Waals surface area contributed by atoms with Crippen LogP contribution in [0.15, 0.2) is 24.3 Å². The van der Waals surface area contributed by atoms with Crippen LogP contribution in [0, 0.1) is 0 Å². The topological polar surface area (TPSA) is 21.3 Å². The molecule has 0 heterocycles. The van der Waals surface area contributed by atoms with Gasteiger partial charge in [-0.3, -0.25) is 0 Å². The molecule has 0 aliphatic carbocycles. The molecule has 1 N–H and O–H groups in total. The van der Waals surface area contributed by atoms with E-state index in [1.807, 2.05) is 0 Å². The lowest BCUT2D eigenvalue weighted by Crippen LogP contribution is -2.24. The predicted molar refractivity (Wildman–Crippen MR) is 64.1 cm³/mol. The first kappa shape index (κ1) is 12.2. The summed E-state index contributed by atoms with van der Waals surface area (Å²) in [5.41, 5.74) is 2.68. The molecule has 2 heteroatoms. The first-order valence-corrected chi connectivity index (χ1v) is 5.63. The van der Waals surface area contributed by atoms with Crippen LogP contribution in [0.2, 0.25) is 0 Å². The second kappa shape index (κ2) is 6.59. The van der Waals surface area contributed by atoms with Gasteiger partial charge in [-0.2, -0.15) is 0 Å². The fourth-order valence-corrected chi connectivity index (χ4v) is 1.67. The molecule has 1 unspecified atom stereocenters. The Balaban J connectivity index is 2.72. The Morgan fingerprint density at radius 1 is 1.20 bits per heavy atom. The van der Waals surface area contributed by atoms with E-state index in [2.05, 4.69) is 43.4 Å². The van der Waals surface area contributed by atoms with Crippen molar-refractivity contribution >= 4 is 0 Å². The van der Waals surface area contributed by atoms with Crippen LogP contribution in [0.4, 0.5) is 0 Å². The van der Waals surface area contributed by atoms with E-state index >= 15 is 0 Å². The van der Waals surface area contributed by atoms with Crippen LogP contribution in [-0.2, 0) is 11.2 Å². The van der Waals surface area contributed by atoms with Gasteiger partial charge in [-0.15, -0.1) is 0 Å². The lowest BCUT2D eigenvalue weighted by molar-refractivity contribution is 0.168. The molecule has 84 valence electrons. The van der Waals surface area contributed by atoms with Crippen LogP contribution in [-0.4, -0.2) is 20.3 Å². The number of hydrogen-bond acceptors (Lipinski definition) is 2. The second-order valence-corrected chi connectivity index (χ2v) is 3.66. The SMILES string of the molecule is CCNC(COC)c1ccc(CC)cc1. The molecule has 0 aliphatic rings. The third-order valence-corrected chi connectivity index (χ3v) is 2.57. The molecule has 0 aromatic heterocycles. The average molecular weight is 207 g/mol. The van der Waals surface area contributed by atoms with E-state index in [0.717, 1.165) is 19.6 Å². The molecule has 1 rings (SSSR count). The molecule has 0 radical (unpaired) electrons. The molecular weight excluding hydrogens is 186 g/mol. The summed E-state index contributed by atoms with van der Waals surface area (Å²) >= 11 is 0. The van der Waals surface area contributed by atoms with Crippen LogP contribution < -0.4 is 5.32 Å². The summed E-state index contributed by atoms with van der Waals surface area (Å²) < 4.78 is 5.21. The number of ether oxygens (including phenoxy) is 1. The highest BCUT2D eigenvalue weighted by Crippen LogP contribution is 2.14. The van der Waals surface area contributed by atoms with Gasteiger partial charge < -0.3 is 10.1 Å². The van der Waals surface area contributed by atoms with Gasteiger partial charge in [-0.05, 0) is 24.1 Å². The Kier molecular flexibility index (Phi) is 5.37. The van der Waals surface area contributed by atoms with Crippen molar-refractivity contribution in [2.75, 3.05) is 20.3 Å². The van der Waals surface area contributed by atoms with Gasteiger partial charge in [0.15, 0.2) is 0 Å². The zero-order chi connectivity index (χ0) is 11.1. The summed E-state index contributed by atoms with van der Waals surface area (Å²) in [6.45, 7) is 5.97. The highest BCUT2D eigenvalue weighted by molar-refractivity contribution is 5.25. The molecule has 15 heavy (non-hydrogen) atoms. The summed E-state index contributed by atoms with van der Waals surface area (Å²) in [5.74, 6) is 0. The fraction of sp³-hybridized carbons (Fsp3) is 0.538. The quantitative estimate of drug-likeness (QED) is 0.774. The third kappa shape index (κ3) is 3.65. The minimum atomic E-state index is 0.311. The van der Waals surface area contributed by atoms with Gasteiger partial charge >= 0.3 is 0 Å². The standard InChI is InChI=1S/C13H21NO/c1-4-11-6-8-12(9-7-11)13(10-15-3)14-5-2/h6-9,13-14H,4-5,10H2,1-3H3. The van der Waals surface area contributed by atoms with E-state index in [1.165, 1.54) is 11.1 Å². The number of likely N-dealkylation sites (N-methyl/N-ethyl adjacent to an activating group) is 1. The lowest BCUT2D eigenvalue weighted by Gasteiger charge is -2.17. The zero-order valence-electron chi connectivity index (χ0n) is 9.92. The second-order valence-electron chi connectivity index (χ2n) is 3.66. The van der Waals surface area contributed by atoms with Crippen molar-refractivity contribution in [1.29, 1.82) is 0 Å². The Labute approximate surface area is 92.6 Å². The maximum Gasteiger partial charge on any atom is 0.0657 e. The van der Waals surface area contributed by atoms with E-state index in [1.54, 1.807) is 7.11 Å². The van der Waals surface area contributed by atoms with Crippen LogP contribution in [0.25, 0.3) is 0 Å². The Morgan fingerprint density at radius 2 is 1.87 bits per heavy atom. The van der Waals surface area contributed by atoms with Crippen molar-refractivity contribution in [3.63, 3.8) is 0 Å². The van der Waals surface area contributed by atoms with Crippen molar-refractivity contribution in [3.8, 4) is 0 Å². The van der Waals surface area contributed by atoms with Crippen molar-refractivity contribution in [2.45, 2.75) is 26.3 Å². The fourth-order valence-electron chi connectivity index (χ4n) is 1.67. The smallest absolute Gasteiger partial charge is 0.0657 e. The molecule has 1 atom stereocenters. The molecule has 1 aromatic carbocycles. The Morgan fingerprint density at radius 3 is 2.33 bits per heavy atom. The molecule has 0 amide bonds. The third-order valence-electron chi connectivity index (χ3n) is 2.57. The summed E-state index contributed by atoms with van der Waals surface area (Å²) in [6.07, 6.45) is 1.09. The summed E-state index contributed by atoms with van der Waals surface area (Å²) in [6, 6.07) is 9.06. The number of benzene rings is 1. The first-order chi connectivity index (χ1) is 7.31. The van der Waals surface area contributed by atoms with Crippen LogP contribution >= 0.6 is 0 Å². The minimum absolute atomic E-state index is 0.311. The zero-order valence-corrected chi connectivity index (χ0v) is 9.92. The van der Waals surface area contributed by atoms with Gasteiger partial charge in [0, 0.05) is 7.11 Å². The van der Waals surface area contributed by atoms with Gasteiger partial charge in [0.2, 0.25) is 0 Å². The lowest BCUT2D eigenvalue weighted by atomic mass is 10.0. The molecule has 0 saturated heterocycles. The maximum absolute atomic E-state index is 5.21. The van der Waals surface area contributed by atoms with Crippen molar-refractivity contribution in [2.24, 2.45) is 0 Å². The number of aryl methyl sites for hydroxylation is 1. The highest BCUT2D eigenvalue weighted by atomic mass is 16.5. The van der Waals surface area contributed by atoms with E-state index in [-0.39, 0.29) is 0 Å². The summed E-state index contributed by atoms with van der Waals surface area (Å²) in [7, 11) is 1.74. The normalized spacial score (nSPS) is 12.7. The molecule has 0 saturated carbocycles. The van der Waals surface area contributed by atoms with Crippen LogP contribution in [0.3, 0.4) is 0 Å². The van der Waals surface area contributed by atoms with E-state index in [9.17, 15) is 0 Å². The van der Waals surface area contributed by atoms with Crippen molar-refractivity contribution < 1.29 is 4.74 Å². The number of nitrogens with one attached hydrogen (secondary N) is 1. The Bertz CT molecular complexity index is 262.